The summed E-state index contributed by atoms with van der Waals surface area (Å²) >= 11 is 0. The SMILES string of the molecule is COCCNCC1(CC2CCCO2)CCCCC1. The van der Waals surface area contributed by atoms with Crippen molar-refractivity contribution >= 4 is 0 Å². The Morgan fingerprint density at radius 1 is 1.22 bits per heavy atom. The molecule has 3 nitrogen and oxygen atoms in total. The average molecular weight is 255 g/mol. The molecule has 0 aromatic rings. The van der Waals surface area contributed by atoms with Gasteiger partial charge in [0.2, 0.25) is 0 Å². The van der Waals surface area contributed by atoms with Gasteiger partial charge >= 0.3 is 0 Å². The van der Waals surface area contributed by atoms with Gasteiger partial charge in [0, 0.05) is 26.8 Å². The number of hydrogen-bond acceptors (Lipinski definition) is 3. The Kier molecular flexibility index (Phi) is 5.93. The molecule has 1 atom stereocenters. The molecule has 2 aliphatic rings. The van der Waals surface area contributed by atoms with Crippen LogP contribution in [0.4, 0.5) is 0 Å². The van der Waals surface area contributed by atoms with Crippen LogP contribution in [0.15, 0.2) is 0 Å². The Morgan fingerprint density at radius 2 is 2.06 bits per heavy atom. The van der Waals surface area contributed by atoms with Crippen molar-refractivity contribution in [2.75, 3.05) is 33.4 Å². The van der Waals surface area contributed by atoms with Crippen LogP contribution in [0.25, 0.3) is 0 Å². The second-order valence-electron chi connectivity index (χ2n) is 6.07. The summed E-state index contributed by atoms with van der Waals surface area (Å²) in [5, 5.41) is 3.59. The van der Waals surface area contributed by atoms with Gasteiger partial charge in [-0.05, 0) is 37.5 Å². The summed E-state index contributed by atoms with van der Waals surface area (Å²) in [5.41, 5.74) is 0.501. The van der Waals surface area contributed by atoms with E-state index < -0.39 is 0 Å². The lowest BCUT2D eigenvalue weighted by molar-refractivity contribution is 0.0421. The van der Waals surface area contributed by atoms with Gasteiger partial charge in [-0.15, -0.1) is 0 Å². The van der Waals surface area contributed by atoms with E-state index in [0.717, 1.165) is 26.3 Å². The fourth-order valence-electron chi connectivity index (χ4n) is 3.57. The zero-order chi connectivity index (χ0) is 12.7. The van der Waals surface area contributed by atoms with E-state index in [0.29, 0.717) is 11.5 Å². The summed E-state index contributed by atoms with van der Waals surface area (Å²) in [6.45, 7) is 3.92. The fraction of sp³-hybridized carbons (Fsp3) is 1.00. The van der Waals surface area contributed by atoms with E-state index in [1.54, 1.807) is 7.11 Å². The lowest BCUT2D eigenvalue weighted by Crippen LogP contribution is -2.39. The zero-order valence-corrected chi connectivity index (χ0v) is 11.9. The maximum atomic E-state index is 5.86. The monoisotopic (exact) mass is 255 g/mol. The number of ether oxygens (including phenoxy) is 2. The Bertz CT molecular complexity index is 221. The Hall–Kier alpha value is -0.120. The van der Waals surface area contributed by atoms with E-state index in [2.05, 4.69) is 5.32 Å². The van der Waals surface area contributed by atoms with Crippen LogP contribution in [0, 0.1) is 5.41 Å². The van der Waals surface area contributed by atoms with E-state index in [1.807, 2.05) is 0 Å². The topological polar surface area (TPSA) is 30.5 Å². The minimum Gasteiger partial charge on any atom is -0.383 e. The largest absolute Gasteiger partial charge is 0.383 e. The Labute approximate surface area is 112 Å². The van der Waals surface area contributed by atoms with Crippen LogP contribution in [0.1, 0.15) is 51.4 Å². The number of hydrogen-bond donors (Lipinski definition) is 1. The molecule has 1 unspecified atom stereocenters. The maximum Gasteiger partial charge on any atom is 0.0587 e. The van der Waals surface area contributed by atoms with Crippen LogP contribution < -0.4 is 5.32 Å². The van der Waals surface area contributed by atoms with E-state index in [4.69, 9.17) is 9.47 Å². The molecule has 0 spiro atoms. The van der Waals surface area contributed by atoms with Crippen molar-refractivity contribution in [1.29, 1.82) is 0 Å². The van der Waals surface area contributed by atoms with Crippen LogP contribution >= 0.6 is 0 Å². The third kappa shape index (κ3) is 4.22. The summed E-state index contributed by atoms with van der Waals surface area (Å²) in [4.78, 5) is 0. The van der Waals surface area contributed by atoms with Gasteiger partial charge in [-0.2, -0.15) is 0 Å². The van der Waals surface area contributed by atoms with E-state index in [9.17, 15) is 0 Å². The first-order chi connectivity index (χ1) is 8.85. The summed E-state index contributed by atoms with van der Waals surface area (Å²) < 4.78 is 11.0. The second kappa shape index (κ2) is 7.46. The smallest absolute Gasteiger partial charge is 0.0587 e. The molecule has 2 fully saturated rings. The summed E-state index contributed by atoms with van der Waals surface area (Å²) in [6, 6.07) is 0. The Balaban J connectivity index is 1.81. The van der Waals surface area contributed by atoms with Gasteiger partial charge in [0.25, 0.3) is 0 Å². The van der Waals surface area contributed by atoms with Gasteiger partial charge in [0.05, 0.1) is 12.7 Å². The third-order valence-electron chi connectivity index (χ3n) is 4.58. The van der Waals surface area contributed by atoms with Crippen molar-refractivity contribution in [3.8, 4) is 0 Å². The lowest BCUT2D eigenvalue weighted by atomic mass is 9.70. The minimum atomic E-state index is 0.501. The molecule has 0 amide bonds. The summed E-state index contributed by atoms with van der Waals surface area (Å²) in [6.07, 6.45) is 11.3. The summed E-state index contributed by atoms with van der Waals surface area (Å²) in [7, 11) is 1.77. The fourth-order valence-corrected chi connectivity index (χ4v) is 3.57. The van der Waals surface area contributed by atoms with Crippen molar-refractivity contribution in [3.63, 3.8) is 0 Å². The molecular weight excluding hydrogens is 226 g/mol. The highest BCUT2D eigenvalue weighted by atomic mass is 16.5. The molecule has 0 aromatic carbocycles. The van der Waals surface area contributed by atoms with Crippen molar-refractivity contribution in [3.05, 3.63) is 0 Å². The maximum absolute atomic E-state index is 5.86. The molecule has 0 bridgehead atoms. The van der Waals surface area contributed by atoms with Crippen molar-refractivity contribution in [2.24, 2.45) is 5.41 Å². The van der Waals surface area contributed by atoms with E-state index in [-0.39, 0.29) is 0 Å². The lowest BCUT2D eigenvalue weighted by Gasteiger charge is -2.39. The predicted molar refractivity (Wildman–Crippen MR) is 73.9 cm³/mol. The van der Waals surface area contributed by atoms with Gasteiger partial charge in [0.1, 0.15) is 0 Å². The highest BCUT2D eigenvalue weighted by Crippen LogP contribution is 2.41. The second-order valence-corrected chi connectivity index (χ2v) is 6.07. The molecule has 1 aliphatic carbocycles. The van der Waals surface area contributed by atoms with Crippen molar-refractivity contribution in [2.45, 2.75) is 57.5 Å². The zero-order valence-electron chi connectivity index (χ0n) is 11.9. The summed E-state index contributed by atoms with van der Waals surface area (Å²) in [5.74, 6) is 0. The molecule has 1 heterocycles. The van der Waals surface area contributed by atoms with Crippen LogP contribution in [0.3, 0.4) is 0 Å². The van der Waals surface area contributed by atoms with E-state index in [1.165, 1.54) is 51.4 Å². The molecule has 0 radical (unpaired) electrons. The van der Waals surface area contributed by atoms with Gasteiger partial charge in [-0.3, -0.25) is 0 Å². The van der Waals surface area contributed by atoms with Gasteiger partial charge in [-0.25, -0.2) is 0 Å². The van der Waals surface area contributed by atoms with Gasteiger partial charge < -0.3 is 14.8 Å². The molecule has 3 heteroatoms. The standard InChI is InChI=1S/C15H29NO2/c1-17-11-9-16-13-15(7-3-2-4-8-15)12-14-6-5-10-18-14/h14,16H,2-13H2,1H3. The average Bonchev–Trinajstić information content (AvgIpc) is 2.89. The van der Waals surface area contributed by atoms with E-state index >= 15 is 0 Å². The molecular formula is C15H29NO2. The molecule has 18 heavy (non-hydrogen) atoms. The van der Waals surface area contributed by atoms with Crippen molar-refractivity contribution < 1.29 is 9.47 Å². The van der Waals surface area contributed by atoms with Crippen molar-refractivity contribution in [1.82, 2.24) is 5.32 Å². The van der Waals surface area contributed by atoms with Crippen LogP contribution in [0.5, 0.6) is 0 Å². The normalized spacial score (nSPS) is 27.5. The Morgan fingerprint density at radius 3 is 2.72 bits per heavy atom. The van der Waals surface area contributed by atoms with Crippen LogP contribution in [0.2, 0.25) is 0 Å². The first kappa shape index (κ1) is 14.3. The first-order valence-corrected chi connectivity index (χ1v) is 7.66. The molecule has 1 saturated carbocycles. The first-order valence-electron chi connectivity index (χ1n) is 7.66. The third-order valence-corrected chi connectivity index (χ3v) is 4.58. The molecule has 1 saturated heterocycles. The highest BCUT2D eigenvalue weighted by Gasteiger charge is 2.35. The van der Waals surface area contributed by atoms with Crippen LogP contribution in [-0.4, -0.2) is 39.5 Å². The molecule has 2 rings (SSSR count). The number of nitrogens with one attached hydrogen (secondary N) is 1. The highest BCUT2D eigenvalue weighted by molar-refractivity contribution is 4.88. The quantitative estimate of drug-likeness (QED) is 0.710. The van der Waals surface area contributed by atoms with Gasteiger partial charge in [0.15, 0.2) is 0 Å². The minimum absolute atomic E-state index is 0.501. The molecule has 106 valence electrons. The molecule has 0 aromatic heterocycles. The number of methoxy groups -OCH3 is 1. The number of rotatable bonds is 7. The van der Waals surface area contributed by atoms with Crippen LogP contribution in [-0.2, 0) is 9.47 Å². The predicted octanol–water partition coefficient (Wildman–Crippen LogP) is 2.74. The molecule has 1 N–H and O–H groups in total. The molecule has 1 aliphatic heterocycles. The van der Waals surface area contributed by atoms with Gasteiger partial charge in [-0.1, -0.05) is 19.3 Å².